The van der Waals surface area contributed by atoms with Gasteiger partial charge in [-0.05, 0) is 61.2 Å². The maximum absolute atomic E-state index is 13.2. The molecule has 168 valence electrons. The van der Waals surface area contributed by atoms with Crippen molar-refractivity contribution < 1.29 is 13.6 Å². The van der Waals surface area contributed by atoms with Crippen molar-refractivity contribution in [2.45, 2.75) is 25.7 Å². The molecule has 0 fully saturated rings. The van der Waals surface area contributed by atoms with Crippen LogP contribution in [0.25, 0.3) is 16.9 Å². The summed E-state index contributed by atoms with van der Waals surface area (Å²) in [7, 11) is 0. The third kappa shape index (κ3) is 5.12. The molecule has 0 amide bonds. The van der Waals surface area contributed by atoms with E-state index in [0.29, 0.717) is 23.4 Å². The maximum atomic E-state index is 13.2. The standard InChI is InChI=1S/C27H25FN2O3/c1-19(29-18-7-3-6-11-20-9-4-2-5-10-20)30-24-13-8-12-23(26(24)33-27(30)32)25(31)21-14-16-22(28)17-15-21/h2,4-5,8-10,12-17,29H,1,3,6-7,11,18H2. The summed E-state index contributed by atoms with van der Waals surface area (Å²) >= 11 is 0. The zero-order chi connectivity index (χ0) is 23.2. The molecule has 0 spiro atoms. The number of hydrogen-bond donors (Lipinski definition) is 1. The Kier molecular flexibility index (Phi) is 6.83. The van der Waals surface area contributed by atoms with Crippen LogP contribution >= 0.6 is 0 Å². The number of nitrogens with one attached hydrogen (secondary N) is 1. The Morgan fingerprint density at radius 1 is 0.939 bits per heavy atom. The van der Waals surface area contributed by atoms with Crippen LogP contribution in [0.2, 0.25) is 0 Å². The fourth-order valence-electron chi connectivity index (χ4n) is 3.82. The summed E-state index contributed by atoms with van der Waals surface area (Å²) < 4.78 is 20.0. The van der Waals surface area contributed by atoms with Gasteiger partial charge >= 0.3 is 5.76 Å². The quantitative estimate of drug-likeness (QED) is 0.263. The number of carbonyl (C=O) groups is 1. The van der Waals surface area contributed by atoms with Gasteiger partial charge < -0.3 is 9.73 Å². The van der Waals surface area contributed by atoms with Crippen LogP contribution in [0.1, 0.15) is 40.7 Å². The molecular formula is C27H25FN2O3. The molecule has 4 aromatic rings. The van der Waals surface area contributed by atoms with Crippen molar-refractivity contribution in [3.8, 4) is 0 Å². The van der Waals surface area contributed by atoms with Crippen molar-refractivity contribution in [1.29, 1.82) is 0 Å². The minimum absolute atomic E-state index is 0.183. The third-order valence-corrected chi connectivity index (χ3v) is 5.54. The summed E-state index contributed by atoms with van der Waals surface area (Å²) in [6, 6.07) is 20.6. The van der Waals surface area contributed by atoms with Crippen LogP contribution in [0.15, 0.2) is 88.6 Å². The zero-order valence-electron chi connectivity index (χ0n) is 18.2. The molecule has 0 aliphatic carbocycles. The monoisotopic (exact) mass is 444 g/mol. The molecule has 33 heavy (non-hydrogen) atoms. The maximum Gasteiger partial charge on any atom is 0.425 e. The van der Waals surface area contributed by atoms with Gasteiger partial charge in [-0.1, -0.05) is 49.4 Å². The fraction of sp³-hybridized carbons (Fsp3) is 0.185. The number of oxazole rings is 1. The van der Waals surface area contributed by atoms with E-state index in [4.69, 9.17) is 4.42 Å². The summed E-state index contributed by atoms with van der Waals surface area (Å²) in [6.45, 7) is 4.65. The van der Waals surface area contributed by atoms with Gasteiger partial charge in [-0.3, -0.25) is 4.79 Å². The van der Waals surface area contributed by atoms with E-state index in [0.717, 1.165) is 25.7 Å². The van der Waals surface area contributed by atoms with Crippen LogP contribution in [-0.2, 0) is 6.42 Å². The Morgan fingerprint density at radius 2 is 1.70 bits per heavy atom. The Labute approximate surface area is 191 Å². The molecule has 0 bridgehead atoms. The zero-order valence-corrected chi connectivity index (χ0v) is 18.2. The van der Waals surface area contributed by atoms with E-state index in [1.165, 1.54) is 34.4 Å². The molecule has 1 heterocycles. The van der Waals surface area contributed by atoms with E-state index in [2.05, 4.69) is 24.0 Å². The smallest absolute Gasteiger partial charge is 0.407 e. The van der Waals surface area contributed by atoms with Gasteiger partial charge in [-0.15, -0.1) is 0 Å². The fourth-order valence-corrected chi connectivity index (χ4v) is 3.82. The number of ketones is 1. The Morgan fingerprint density at radius 3 is 2.45 bits per heavy atom. The van der Waals surface area contributed by atoms with E-state index in [1.54, 1.807) is 18.2 Å². The van der Waals surface area contributed by atoms with Crippen LogP contribution in [-0.4, -0.2) is 16.9 Å². The second kappa shape index (κ2) is 10.1. The lowest BCUT2D eigenvalue weighted by molar-refractivity contribution is 0.103. The van der Waals surface area contributed by atoms with Crippen molar-refractivity contribution in [3.05, 3.63) is 112 Å². The van der Waals surface area contributed by atoms with Gasteiger partial charge in [0.2, 0.25) is 0 Å². The normalized spacial score (nSPS) is 10.9. The van der Waals surface area contributed by atoms with E-state index in [9.17, 15) is 14.0 Å². The van der Waals surface area contributed by atoms with Gasteiger partial charge in [0.15, 0.2) is 11.4 Å². The van der Waals surface area contributed by atoms with E-state index in [-0.39, 0.29) is 16.9 Å². The first-order valence-electron chi connectivity index (χ1n) is 11.0. The number of carbonyl (C=O) groups excluding carboxylic acids is 1. The first kappa shape index (κ1) is 22.3. The van der Waals surface area contributed by atoms with Gasteiger partial charge in [0.1, 0.15) is 11.6 Å². The number of aromatic nitrogens is 1. The molecule has 0 atom stereocenters. The van der Waals surface area contributed by atoms with Gasteiger partial charge in [0.25, 0.3) is 0 Å². The van der Waals surface area contributed by atoms with Crippen molar-refractivity contribution in [1.82, 2.24) is 9.88 Å². The van der Waals surface area contributed by atoms with Gasteiger partial charge in [0, 0.05) is 12.1 Å². The number of halogens is 1. The first-order chi connectivity index (χ1) is 16.0. The molecule has 0 saturated heterocycles. The number of aryl methyl sites for hydroxylation is 1. The Balaban J connectivity index is 1.41. The van der Waals surface area contributed by atoms with E-state index in [1.807, 2.05) is 18.2 Å². The molecule has 1 N–H and O–H groups in total. The molecular weight excluding hydrogens is 419 g/mol. The third-order valence-electron chi connectivity index (χ3n) is 5.54. The predicted octanol–water partition coefficient (Wildman–Crippen LogP) is 5.40. The molecule has 6 heteroatoms. The molecule has 0 radical (unpaired) electrons. The second-order valence-electron chi connectivity index (χ2n) is 7.86. The largest absolute Gasteiger partial charge is 0.425 e. The highest BCUT2D eigenvalue weighted by Gasteiger charge is 2.19. The lowest BCUT2D eigenvalue weighted by atomic mass is 10.0. The topological polar surface area (TPSA) is 64.2 Å². The molecule has 5 nitrogen and oxygen atoms in total. The molecule has 3 aromatic carbocycles. The van der Waals surface area contributed by atoms with E-state index >= 15 is 0 Å². The highest BCUT2D eigenvalue weighted by atomic mass is 19.1. The summed E-state index contributed by atoms with van der Waals surface area (Å²) in [5, 5.41) is 3.19. The predicted molar refractivity (Wildman–Crippen MR) is 128 cm³/mol. The molecule has 4 rings (SSSR count). The van der Waals surface area contributed by atoms with Gasteiger partial charge in [-0.2, -0.15) is 0 Å². The van der Waals surface area contributed by atoms with Crippen molar-refractivity contribution in [3.63, 3.8) is 0 Å². The van der Waals surface area contributed by atoms with Gasteiger partial charge in [-0.25, -0.2) is 13.8 Å². The summed E-state index contributed by atoms with van der Waals surface area (Å²) in [4.78, 5) is 25.5. The Bertz CT molecular complexity index is 1320. The number of hydrogen-bond acceptors (Lipinski definition) is 4. The van der Waals surface area contributed by atoms with Crippen LogP contribution in [0.4, 0.5) is 4.39 Å². The van der Waals surface area contributed by atoms with Crippen LogP contribution in [0.5, 0.6) is 0 Å². The van der Waals surface area contributed by atoms with Crippen LogP contribution < -0.4 is 11.1 Å². The van der Waals surface area contributed by atoms with Crippen LogP contribution in [0, 0.1) is 5.82 Å². The highest BCUT2D eigenvalue weighted by Crippen LogP contribution is 2.22. The average molecular weight is 445 g/mol. The Hall–Kier alpha value is -3.93. The summed E-state index contributed by atoms with van der Waals surface area (Å²) in [5.74, 6) is -0.998. The first-order valence-corrected chi connectivity index (χ1v) is 11.0. The summed E-state index contributed by atoms with van der Waals surface area (Å²) in [5.41, 5.74) is 2.52. The molecule has 0 aliphatic heterocycles. The minimum atomic E-state index is -0.620. The van der Waals surface area contributed by atoms with Crippen molar-refractivity contribution in [2.24, 2.45) is 0 Å². The lowest BCUT2D eigenvalue weighted by Crippen LogP contribution is -2.24. The van der Waals surface area contributed by atoms with E-state index < -0.39 is 11.6 Å². The van der Waals surface area contributed by atoms with Crippen molar-refractivity contribution >= 4 is 22.7 Å². The number of benzene rings is 3. The molecule has 0 saturated carbocycles. The number of para-hydroxylation sites is 1. The molecule has 0 aliphatic rings. The number of unbranched alkanes of at least 4 members (excludes halogenated alkanes) is 2. The number of nitrogens with zero attached hydrogens (tertiary/aromatic N) is 1. The van der Waals surface area contributed by atoms with Crippen LogP contribution in [0.3, 0.4) is 0 Å². The number of rotatable bonds is 10. The summed E-state index contributed by atoms with van der Waals surface area (Å²) in [6.07, 6.45) is 4.11. The molecule has 0 unspecified atom stereocenters. The second-order valence-corrected chi connectivity index (χ2v) is 7.86. The average Bonchev–Trinajstić information content (AvgIpc) is 3.17. The SMILES string of the molecule is C=C(NCCCCCc1ccccc1)n1c(=O)oc2c(C(=O)c3ccc(F)cc3)cccc21. The van der Waals surface area contributed by atoms with Gasteiger partial charge in [0.05, 0.1) is 11.1 Å². The minimum Gasteiger partial charge on any atom is -0.407 e. The number of fused-ring (bicyclic) bond motifs is 1. The van der Waals surface area contributed by atoms with Crippen molar-refractivity contribution in [2.75, 3.05) is 6.54 Å². The lowest BCUT2D eigenvalue weighted by Gasteiger charge is -2.10. The highest BCUT2D eigenvalue weighted by molar-refractivity contribution is 6.14. The molecule has 1 aromatic heterocycles.